The highest BCUT2D eigenvalue weighted by Gasteiger charge is 2.16. The van der Waals surface area contributed by atoms with Crippen LogP contribution in [0.5, 0.6) is 0 Å². The van der Waals surface area contributed by atoms with Gasteiger partial charge in [-0.05, 0) is 35.7 Å². The summed E-state index contributed by atoms with van der Waals surface area (Å²) in [5, 5.41) is 10.5. The maximum atomic E-state index is 13.5. The molecule has 0 aliphatic carbocycles. The monoisotopic (exact) mass is 282 g/mol. The zero-order valence-electron chi connectivity index (χ0n) is 10.3. The van der Waals surface area contributed by atoms with Crippen LogP contribution in [-0.4, -0.2) is 5.11 Å². The summed E-state index contributed by atoms with van der Waals surface area (Å²) >= 11 is 6.03. The van der Waals surface area contributed by atoms with Crippen molar-refractivity contribution < 1.29 is 13.9 Å². The summed E-state index contributed by atoms with van der Waals surface area (Å²) in [6, 6.07) is 9.14. The van der Waals surface area contributed by atoms with Crippen molar-refractivity contribution in [2.45, 2.75) is 19.4 Å². The third-order valence-electron chi connectivity index (χ3n) is 2.96. The minimum atomic E-state index is -0.968. The highest BCUT2D eigenvalue weighted by atomic mass is 35.5. The molecular formula is C15H13ClF2O. The number of halogens is 3. The molecule has 0 aliphatic heterocycles. The van der Waals surface area contributed by atoms with Gasteiger partial charge in [-0.25, -0.2) is 8.78 Å². The third-order valence-corrected chi connectivity index (χ3v) is 3.29. The predicted octanol–water partition coefficient (Wildman–Crippen LogP) is 4.20. The highest BCUT2D eigenvalue weighted by molar-refractivity contribution is 6.31. The Kier molecular flexibility index (Phi) is 4.17. The van der Waals surface area contributed by atoms with Crippen LogP contribution in [0.15, 0.2) is 36.4 Å². The van der Waals surface area contributed by atoms with Gasteiger partial charge in [-0.2, -0.15) is 0 Å². The minimum Gasteiger partial charge on any atom is -0.388 e. The summed E-state index contributed by atoms with van der Waals surface area (Å²) in [5.74, 6) is -1.84. The second kappa shape index (κ2) is 5.68. The van der Waals surface area contributed by atoms with E-state index in [0.29, 0.717) is 10.6 Å². The largest absolute Gasteiger partial charge is 0.388 e. The van der Waals surface area contributed by atoms with Crippen LogP contribution >= 0.6 is 11.6 Å². The molecule has 0 bridgehead atoms. The Bertz CT molecular complexity index is 599. The summed E-state index contributed by atoms with van der Waals surface area (Å²) in [5.41, 5.74) is 1.61. The smallest absolute Gasteiger partial charge is 0.162 e. The molecule has 0 fully saturated rings. The molecule has 2 aromatic rings. The van der Waals surface area contributed by atoms with Gasteiger partial charge in [0.25, 0.3) is 0 Å². The quantitative estimate of drug-likeness (QED) is 0.894. The third kappa shape index (κ3) is 3.11. The summed E-state index contributed by atoms with van der Waals surface area (Å²) in [4.78, 5) is 0. The lowest BCUT2D eigenvalue weighted by Gasteiger charge is -2.14. The van der Waals surface area contributed by atoms with Crippen LogP contribution < -0.4 is 0 Å². The number of rotatable bonds is 3. The average molecular weight is 283 g/mol. The lowest BCUT2D eigenvalue weighted by atomic mass is 10.00. The Morgan fingerprint density at radius 1 is 1.21 bits per heavy atom. The molecule has 0 amide bonds. The Hall–Kier alpha value is -1.45. The SMILES string of the molecule is Cc1ccc(C(O)Cc2cccc(F)c2F)c(Cl)c1. The molecule has 0 heterocycles. The molecule has 1 nitrogen and oxygen atoms in total. The molecule has 19 heavy (non-hydrogen) atoms. The van der Waals surface area contributed by atoms with E-state index in [4.69, 9.17) is 11.6 Å². The first-order valence-corrected chi connectivity index (χ1v) is 6.24. The Labute approximate surface area is 115 Å². The van der Waals surface area contributed by atoms with E-state index in [0.717, 1.165) is 11.6 Å². The van der Waals surface area contributed by atoms with E-state index >= 15 is 0 Å². The summed E-state index contributed by atoms with van der Waals surface area (Å²) in [7, 11) is 0. The first-order valence-electron chi connectivity index (χ1n) is 5.86. The maximum Gasteiger partial charge on any atom is 0.162 e. The molecule has 0 saturated carbocycles. The van der Waals surface area contributed by atoms with Crippen molar-refractivity contribution in [1.82, 2.24) is 0 Å². The number of aryl methyl sites for hydroxylation is 1. The molecular weight excluding hydrogens is 270 g/mol. The van der Waals surface area contributed by atoms with E-state index < -0.39 is 17.7 Å². The van der Waals surface area contributed by atoms with Gasteiger partial charge in [0, 0.05) is 11.4 Å². The molecule has 2 rings (SSSR count). The van der Waals surface area contributed by atoms with E-state index in [9.17, 15) is 13.9 Å². The second-order valence-corrected chi connectivity index (χ2v) is 4.87. The van der Waals surface area contributed by atoms with E-state index in [2.05, 4.69) is 0 Å². The number of benzene rings is 2. The van der Waals surface area contributed by atoms with Gasteiger partial charge >= 0.3 is 0 Å². The molecule has 4 heteroatoms. The number of aliphatic hydroxyl groups excluding tert-OH is 1. The molecule has 0 aromatic heterocycles. The van der Waals surface area contributed by atoms with Crippen LogP contribution in [0.3, 0.4) is 0 Å². The minimum absolute atomic E-state index is 0.0215. The van der Waals surface area contributed by atoms with Gasteiger partial charge < -0.3 is 5.11 Å². The molecule has 0 aliphatic rings. The first kappa shape index (κ1) is 14.0. The Balaban J connectivity index is 2.25. The van der Waals surface area contributed by atoms with Crippen LogP contribution in [-0.2, 0) is 6.42 Å². The van der Waals surface area contributed by atoms with Crippen LogP contribution in [0, 0.1) is 18.6 Å². The fraction of sp³-hybridized carbons (Fsp3) is 0.200. The van der Waals surface area contributed by atoms with Crippen LogP contribution in [0.2, 0.25) is 5.02 Å². The first-order chi connectivity index (χ1) is 8.99. The summed E-state index contributed by atoms with van der Waals surface area (Å²) in [6.45, 7) is 1.88. The van der Waals surface area contributed by atoms with Crippen LogP contribution in [0.4, 0.5) is 8.78 Å². The predicted molar refractivity (Wildman–Crippen MR) is 71.2 cm³/mol. The van der Waals surface area contributed by atoms with Crippen molar-refractivity contribution in [3.8, 4) is 0 Å². The standard InChI is InChI=1S/C15H13ClF2O/c1-9-5-6-11(12(16)7-9)14(19)8-10-3-2-4-13(17)15(10)18/h2-7,14,19H,8H2,1H3. The number of hydrogen-bond acceptors (Lipinski definition) is 1. The molecule has 0 radical (unpaired) electrons. The molecule has 0 saturated heterocycles. The summed E-state index contributed by atoms with van der Waals surface area (Å²) < 4.78 is 26.6. The molecule has 2 aromatic carbocycles. The van der Waals surface area contributed by atoms with E-state index in [1.165, 1.54) is 12.1 Å². The second-order valence-electron chi connectivity index (χ2n) is 4.46. The van der Waals surface area contributed by atoms with E-state index in [1.807, 2.05) is 13.0 Å². The van der Waals surface area contributed by atoms with E-state index in [1.54, 1.807) is 12.1 Å². The average Bonchev–Trinajstić information content (AvgIpc) is 2.34. The summed E-state index contributed by atoms with van der Waals surface area (Å²) in [6.07, 6.45) is -0.990. The molecule has 0 spiro atoms. The number of aliphatic hydroxyl groups is 1. The van der Waals surface area contributed by atoms with Gasteiger partial charge in [0.2, 0.25) is 0 Å². The van der Waals surface area contributed by atoms with Crippen molar-refractivity contribution in [1.29, 1.82) is 0 Å². The van der Waals surface area contributed by atoms with Crippen LogP contribution in [0.25, 0.3) is 0 Å². The van der Waals surface area contributed by atoms with Crippen molar-refractivity contribution in [3.05, 3.63) is 69.7 Å². The van der Waals surface area contributed by atoms with Crippen molar-refractivity contribution in [2.24, 2.45) is 0 Å². The van der Waals surface area contributed by atoms with Gasteiger partial charge in [0.1, 0.15) is 0 Å². The van der Waals surface area contributed by atoms with Gasteiger partial charge in [0.05, 0.1) is 6.10 Å². The lowest BCUT2D eigenvalue weighted by Crippen LogP contribution is -2.05. The topological polar surface area (TPSA) is 20.2 Å². The Morgan fingerprint density at radius 3 is 2.63 bits per heavy atom. The van der Waals surface area contributed by atoms with Gasteiger partial charge in [-0.15, -0.1) is 0 Å². The lowest BCUT2D eigenvalue weighted by molar-refractivity contribution is 0.177. The van der Waals surface area contributed by atoms with Gasteiger partial charge in [-0.3, -0.25) is 0 Å². The maximum absolute atomic E-state index is 13.5. The highest BCUT2D eigenvalue weighted by Crippen LogP contribution is 2.27. The van der Waals surface area contributed by atoms with Gasteiger partial charge in [-0.1, -0.05) is 35.9 Å². The molecule has 100 valence electrons. The Morgan fingerprint density at radius 2 is 1.95 bits per heavy atom. The van der Waals surface area contributed by atoms with Crippen molar-refractivity contribution >= 4 is 11.6 Å². The fourth-order valence-corrected chi connectivity index (χ4v) is 2.29. The fourth-order valence-electron chi connectivity index (χ4n) is 1.93. The van der Waals surface area contributed by atoms with E-state index in [-0.39, 0.29) is 12.0 Å². The van der Waals surface area contributed by atoms with Crippen molar-refractivity contribution in [2.75, 3.05) is 0 Å². The zero-order chi connectivity index (χ0) is 14.0. The number of hydrogen-bond donors (Lipinski definition) is 1. The zero-order valence-corrected chi connectivity index (χ0v) is 11.1. The molecule has 1 atom stereocenters. The van der Waals surface area contributed by atoms with Crippen molar-refractivity contribution in [3.63, 3.8) is 0 Å². The van der Waals surface area contributed by atoms with Gasteiger partial charge in [0.15, 0.2) is 11.6 Å². The molecule has 1 unspecified atom stereocenters. The van der Waals surface area contributed by atoms with Crippen LogP contribution in [0.1, 0.15) is 22.8 Å². The normalized spacial score (nSPS) is 12.5. The molecule has 1 N–H and O–H groups in total.